The SMILES string of the molecule is [2H]c1sc(C(O)(C(=O)OC2([2H])CC3([2H])C4([2H])OC4([2H])C([2H])(C2)[N+]3(C)C)c2sc([2H])c([2H])c2[2H])c([2H])c1[2H].[Br-]. The van der Waals surface area contributed by atoms with Crippen LogP contribution in [0.25, 0.3) is 0 Å². The number of morpholine rings is 1. The number of hydrogen-bond acceptors (Lipinski definition) is 6. The summed E-state index contributed by atoms with van der Waals surface area (Å²) < 4.78 is 102. The van der Waals surface area contributed by atoms with Crippen LogP contribution in [0.3, 0.4) is 0 Å². The third-order valence-corrected chi connectivity index (χ3v) is 6.53. The molecule has 0 saturated carbocycles. The van der Waals surface area contributed by atoms with Crippen LogP contribution in [0, 0.1) is 0 Å². The van der Waals surface area contributed by atoms with Gasteiger partial charge in [0.15, 0.2) is 0 Å². The second-order valence-electron chi connectivity index (χ2n) is 6.67. The van der Waals surface area contributed by atoms with Crippen molar-refractivity contribution in [1.82, 2.24) is 0 Å². The third-order valence-electron chi connectivity index (χ3n) is 4.92. The van der Waals surface area contributed by atoms with Crippen molar-refractivity contribution in [2.75, 3.05) is 14.1 Å². The van der Waals surface area contributed by atoms with Gasteiger partial charge in [0, 0.05) is 12.8 Å². The molecule has 1 N–H and O–H groups in total. The molecule has 2 aromatic rings. The maximum Gasteiger partial charge on any atom is 0.349 e. The smallest absolute Gasteiger partial charge is 0.349 e. The largest absolute Gasteiger partial charge is 1.00 e. The van der Waals surface area contributed by atoms with Crippen molar-refractivity contribution in [3.05, 3.63) is 44.6 Å². The lowest BCUT2D eigenvalue weighted by Crippen LogP contribution is -3.00. The Morgan fingerprint density at radius 3 is 2.22 bits per heavy atom. The second-order valence-corrected chi connectivity index (χ2v) is 8.30. The number of halogens is 1. The first-order valence-electron chi connectivity index (χ1n) is 13.3. The third kappa shape index (κ3) is 2.84. The van der Waals surface area contributed by atoms with Crippen LogP contribution in [-0.2, 0) is 19.9 Å². The summed E-state index contributed by atoms with van der Waals surface area (Å²) >= 11 is 0.794. The van der Waals surface area contributed by atoms with E-state index in [1.165, 1.54) is 14.1 Å². The number of aliphatic hydroxyl groups is 1. The first-order chi connectivity index (χ1) is 16.7. The van der Waals surface area contributed by atoms with Gasteiger partial charge in [0.25, 0.3) is 0 Å². The highest BCUT2D eigenvalue weighted by Gasteiger charge is 2.71. The normalized spacial score (nSPS) is 52.5. The van der Waals surface area contributed by atoms with E-state index < -0.39 is 104 Å². The predicted molar refractivity (Wildman–Crippen MR) is 99.1 cm³/mol. The Hall–Kier alpha value is -0.770. The zero-order valence-electron chi connectivity index (χ0n) is 25.2. The van der Waals surface area contributed by atoms with Crippen molar-refractivity contribution >= 4 is 28.6 Å². The lowest BCUT2D eigenvalue weighted by atomic mass is 9.95. The van der Waals surface area contributed by atoms with Crippen LogP contribution in [0.15, 0.2) is 34.9 Å². The quantitative estimate of drug-likeness (QED) is 0.357. The van der Waals surface area contributed by atoms with Crippen molar-refractivity contribution in [3.8, 4) is 0 Å². The van der Waals surface area contributed by atoms with Gasteiger partial charge in [0.2, 0.25) is 5.60 Å². The van der Waals surface area contributed by atoms with E-state index >= 15 is 0 Å². The van der Waals surface area contributed by atoms with E-state index in [0.717, 1.165) is 0 Å². The summed E-state index contributed by atoms with van der Waals surface area (Å²) in [5.74, 6) is -1.61. The summed E-state index contributed by atoms with van der Waals surface area (Å²) in [5, 5.41) is 10.8. The van der Waals surface area contributed by atoms with Gasteiger partial charge in [0.1, 0.15) is 30.3 Å². The van der Waals surface area contributed by atoms with Gasteiger partial charge in [-0.3, -0.25) is 0 Å². The molecule has 146 valence electrons. The Balaban J connectivity index is 0.00000336. The monoisotopic (exact) mass is 482 g/mol. The van der Waals surface area contributed by atoms with Gasteiger partial charge >= 0.3 is 5.97 Å². The number of piperidine rings is 1. The number of likely N-dealkylation sites (N-methyl/N-ethyl adjacent to an activating group) is 1. The summed E-state index contributed by atoms with van der Waals surface area (Å²) in [6.45, 7) is 0. The van der Waals surface area contributed by atoms with Crippen LogP contribution in [0.5, 0.6) is 0 Å². The minimum Gasteiger partial charge on any atom is -1.00 e. The van der Waals surface area contributed by atoms with E-state index in [4.69, 9.17) is 24.6 Å². The highest BCUT2D eigenvalue weighted by molar-refractivity contribution is 7.12. The fourth-order valence-electron chi connectivity index (χ4n) is 3.38. The Morgan fingerprint density at radius 2 is 1.78 bits per heavy atom. The van der Waals surface area contributed by atoms with Gasteiger partial charge in [-0.25, -0.2) is 4.79 Å². The van der Waals surface area contributed by atoms with Crippen molar-refractivity contribution in [1.29, 1.82) is 0 Å². The summed E-state index contributed by atoms with van der Waals surface area (Å²) in [7, 11) is 2.93. The number of carbonyl (C=O) groups excluding carboxylic acids is 1. The molecular formula is C19H22BrNO4S2. The van der Waals surface area contributed by atoms with Crippen LogP contribution >= 0.6 is 22.7 Å². The molecule has 4 unspecified atom stereocenters. The van der Waals surface area contributed by atoms with E-state index in [9.17, 15) is 9.90 Å². The Labute approximate surface area is 192 Å². The zero-order chi connectivity index (χ0) is 27.9. The zero-order valence-corrected chi connectivity index (χ0v) is 17.4. The Kier molecular flexibility index (Phi) is 2.54. The fourth-order valence-corrected chi connectivity index (χ4v) is 4.73. The standard InChI is InChI=1S/C19H22NO4S2.BrH/c1-20(2)12-9-11(10-13(20)17-16(12)24-17)23-18(21)19(22,14-5-3-7-25-14)15-6-4-8-26-15;/h3-8,11-13,16-17,22H,9-10H2,1-2H3;1H/q+1;/p-1/i3D,4D,5D,6D,7D,8D,11D,12D,13D,16D,17D;. The molecule has 5 rings (SSSR count). The molecule has 3 saturated heterocycles. The van der Waals surface area contributed by atoms with E-state index in [2.05, 4.69) is 0 Å². The molecule has 2 aromatic heterocycles. The number of thiophene rings is 2. The van der Waals surface area contributed by atoms with Crippen LogP contribution in [0.4, 0.5) is 0 Å². The fraction of sp³-hybridized carbons (Fsp3) is 0.526. The maximum absolute atomic E-state index is 13.7. The maximum atomic E-state index is 13.7. The van der Waals surface area contributed by atoms with Gasteiger partial charge in [0.05, 0.1) is 38.9 Å². The number of nitrogens with zero attached hydrogens (tertiary/aromatic N) is 1. The molecular weight excluding hydrogens is 450 g/mol. The molecule has 2 bridgehead atoms. The Morgan fingerprint density at radius 1 is 1.26 bits per heavy atom. The highest BCUT2D eigenvalue weighted by Crippen LogP contribution is 2.52. The number of esters is 1. The number of hydrogen-bond donors (Lipinski definition) is 1. The molecule has 3 aliphatic heterocycles. The lowest BCUT2D eigenvalue weighted by Gasteiger charge is -2.45. The predicted octanol–water partition coefficient (Wildman–Crippen LogP) is -0.650. The second kappa shape index (κ2) is 6.64. The Bertz CT molecular complexity index is 1300. The average molecular weight is 483 g/mol. The minimum absolute atomic E-state index is 0. The van der Waals surface area contributed by atoms with Crippen LogP contribution in [0.1, 0.15) is 37.7 Å². The van der Waals surface area contributed by atoms with E-state index in [1.807, 2.05) is 0 Å². The summed E-state index contributed by atoms with van der Waals surface area (Å²) in [5.41, 5.74) is -3.04. The summed E-state index contributed by atoms with van der Waals surface area (Å²) in [6, 6.07) is -6.82. The molecule has 3 aliphatic rings. The number of fused-ring (bicyclic) bond motifs is 5. The number of quaternary nitrogens is 1. The molecule has 0 aromatic carbocycles. The molecule has 5 nitrogen and oxygen atoms in total. The van der Waals surface area contributed by atoms with E-state index in [-0.39, 0.29) is 17.0 Å². The van der Waals surface area contributed by atoms with Crippen molar-refractivity contribution in [2.24, 2.45) is 0 Å². The first-order valence-corrected chi connectivity index (χ1v) is 9.45. The van der Waals surface area contributed by atoms with Crippen LogP contribution in [-0.4, -0.2) is 59.9 Å². The number of carbonyl (C=O) groups is 1. The molecule has 4 atom stereocenters. The molecule has 0 amide bonds. The van der Waals surface area contributed by atoms with Crippen molar-refractivity contribution in [2.45, 2.75) is 48.7 Å². The van der Waals surface area contributed by atoms with Gasteiger partial charge in [-0.1, -0.05) is 12.1 Å². The van der Waals surface area contributed by atoms with Gasteiger partial charge in [-0.05, 0) is 22.8 Å². The van der Waals surface area contributed by atoms with E-state index in [1.54, 1.807) is 0 Å². The molecule has 5 heterocycles. The molecule has 0 spiro atoms. The molecule has 0 radical (unpaired) electrons. The van der Waals surface area contributed by atoms with Gasteiger partial charge < -0.3 is 36.0 Å². The van der Waals surface area contributed by atoms with E-state index in [0.29, 0.717) is 22.7 Å². The highest BCUT2D eigenvalue weighted by atomic mass is 79.9. The topological polar surface area (TPSA) is 59.1 Å². The lowest BCUT2D eigenvalue weighted by molar-refractivity contribution is -0.938. The molecule has 3 fully saturated rings. The van der Waals surface area contributed by atoms with Crippen molar-refractivity contribution < 1.29 is 55.9 Å². The number of rotatable bonds is 4. The minimum atomic E-state index is -3.04. The summed E-state index contributed by atoms with van der Waals surface area (Å²) in [4.78, 5) is 12.6. The molecule has 8 heteroatoms. The molecule has 27 heavy (non-hydrogen) atoms. The first kappa shape index (κ1) is 10.3. The van der Waals surface area contributed by atoms with Gasteiger partial charge in [-0.15, -0.1) is 22.7 Å². The van der Waals surface area contributed by atoms with Crippen LogP contribution < -0.4 is 17.0 Å². The number of ether oxygens (including phenoxy) is 2. The van der Waals surface area contributed by atoms with Gasteiger partial charge in [-0.2, -0.15) is 0 Å². The van der Waals surface area contributed by atoms with Crippen LogP contribution in [0.2, 0.25) is 0 Å². The average Bonchev–Trinajstić information content (AvgIpc) is 3.17. The summed E-state index contributed by atoms with van der Waals surface area (Å²) in [6.07, 6.45) is -8.11. The molecule has 0 aliphatic carbocycles. The number of epoxide rings is 1. The van der Waals surface area contributed by atoms with Crippen molar-refractivity contribution in [3.63, 3.8) is 0 Å².